The summed E-state index contributed by atoms with van der Waals surface area (Å²) >= 11 is 0. The molecule has 0 aliphatic heterocycles. The van der Waals surface area contributed by atoms with E-state index in [9.17, 15) is 0 Å². The minimum Gasteiger partial charge on any atom is -0.0624 e. The Labute approximate surface area is 180 Å². The van der Waals surface area contributed by atoms with Crippen molar-refractivity contribution in [3.8, 4) is 11.1 Å². The Morgan fingerprint density at radius 2 is 0.966 bits per heavy atom. The second-order valence-corrected chi connectivity index (χ2v) is 12.3. The lowest BCUT2D eigenvalue weighted by molar-refractivity contribution is 0.222. The van der Waals surface area contributed by atoms with Gasteiger partial charge in [0.1, 0.15) is 0 Å². The van der Waals surface area contributed by atoms with Gasteiger partial charge in [-0.1, -0.05) is 104 Å². The molecule has 0 saturated carbocycles. The standard InChI is InChI=1S/C29H42/c1-21(17-27(3,4)5)19-29(20-22(2)18-28(6,7)8)25-15-11-9-13-23(25)24-14-10-12-16-26(24)29/h9-16,21-22H,17-20H2,1-8H3. The Bertz CT molecular complexity index is 756. The fraction of sp³-hybridized carbons (Fsp3) is 0.586. The van der Waals surface area contributed by atoms with E-state index in [1.165, 1.54) is 36.8 Å². The second-order valence-electron chi connectivity index (χ2n) is 12.3. The molecule has 0 bridgehead atoms. The number of rotatable bonds is 6. The summed E-state index contributed by atoms with van der Waals surface area (Å²) in [6, 6.07) is 18.5. The van der Waals surface area contributed by atoms with Crippen LogP contribution in [0.15, 0.2) is 48.5 Å². The summed E-state index contributed by atoms with van der Waals surface area (Å²) in [5.74, 6) is 1.38. The highest BCUT2D eigenvalue weighted by Gasteiger charge is 2.44. The van der Waals surface area contributed by atoms with E-state index < -0.39 is 0 Å². The highest BCUT2D eigenvalue weighted by Crippen LogP contribution is 2.56. The molecule has 0 heterocycles. The molecular formula is C29H42. The van der Waals surface area contributed by atoms with E-state index in [1.54, 1.807) is 11.1 Å². The van der Waals surface area contributed by atoms with Gasteiger partial charge in [-0.05, 0) is 70.6 Å². The third-order valence-corrected chi connectivity index (χ3v) is 6.49. The molecule has 0 heteroatoms. The largest absolute Gasteiger partial charge is 0.0624 e. The normalized spacial score (nSPS) is 17.5. The van der Waals surface area contributed by atoms with Crippen molar-refractivity contribution in [2.45, 2.75) is 86.5 Å². The van der Waals surface area contributed by atoms with Crippen molar-refractivity contribution in [1.82, 2.24) is 0 Å². The number of hydrogen-bond donors (Lipinski definition) is 0. The molecule has 0 radical (unpaired) electrons. The molecule has 0 amide bonds. The molecule has 0 aromatic heterocycles. The summed E-state index contributed by atoms with van der Waals surface area (Å²) in [6.45, 7) is 19.3. The van der Waals surface area contributed by atoms with Crippen molar-refractivity contribution in [3.05, 3.63) is 59.7 Å². The van der Waals surface area contributed by atoms with Crippen LogP contribution in [0.3, 0.4) is 0 Å². The summed E-state index contributed by atoms with van der Waals surface area (Å²) in [6.07, 6.45) is 5.03. The van der Waals surface area contributed by atoms with Gasteiger partial charge in [0.15, 0.2) is 0 Å². The van der Waals surface area contributed by atoms with Gasteiger partial charge in [0.2, 0.25) is 0 Å². The minimum atomic E-state index is 0.141. The highest BCUT2D eigenvalue weighted by atomic mass is 14.5. The molecule has 29 heavy (non-hydrogen) atoms. The smallest absolute Gasteiger partial charge is 0.0220 e. The Morgan fingerprint density at radius 1 is 0.621 bits per heavy atom. The van der Waals surface area contributed by atoms with Gasteiger partial charge >= 0.3 is 0 Å². The van der Waals surface area contributed by atoms with Crippen LogP contribution in [-0.4, -0.2) is 0 Å². The summed E-state index contributed by atoms with van der Waals surface area (Å²) in [7, 11) is 0. The van der Waals surface area contributed by atoms with Crippen LogP contribution in [0.1, 0.15) is 92.2 Å². The first-order chi connectivity index (χ1) is 13.4. The number of hydrogen-bond acceptors (Lipinski definition) is 0. The van der Waals surface area contributed by atoms with Crippen LogP contribution in [0.4, 0.5) is 0 Å². The molecule has 2 aromatic rings. The molecule has 0 spiro atoms. The van der Waals surface area contributed by atoms with E-state index in [4.69, 9.17) is 0 Å². The number of benzene rings is 2. The van der Waals surface area contributed by atoms with Crippen LogP contribution >= 0.6 is 0 Å². The SMILES string of the molecule is CC(CC(C)(C)C)CC1(CC(C)CC(C)(C)C)c2ccccc2-c2ccccc21. The highest BCUT2D eigenvalue weighted by molar-refractivity contribution is 5.81. The van der Waals surface area contributed by atoms with E-state index in [2.05, 4.69) is 104 Å². The zero-order valence-electron chi connectivity index (χ0n) is 20.1. The maximum absolute atomic E-state index is 2.48. The molecule has 158 valence electrons. The molecular weight excluding hydrogens is 348 g/mol. The summed E-state index contributed by atoms with van der Waals surface area (Å²) in [4.78, 5) is 0. The van der Waals surface area contributed by atoms with E-state index in [1.807, 2.05) is 0 Å². The van der Waals surface area contributed by atoms with Gasteiger partial charge in [0.05, 0.1) is 0 Å². The van der Waals surface area contributed by atoms with Gasteiger partial charge in [0.25, 0.3) is 0 Å². The van der Waals surface area contributed by atoms with Gasteiger partial charge in [-0.25, -0.2) is 0 Å². The Morgan fingerprint density at radius 3 is 1.31 bits per heavy atom. The third-order valence-electron chi connectivity index (χ3n) is 6.49. The zero-order chi connectivity index (χ0) is 21.4. The Kier molecular flexibility index (Phi) is 6.06. The van der Waals surface area contributed by atoms with Crippen molar-refractivity contribution in [1.29, 1.82) is 0 Å². The van der Waals surface area contributed by atoms with Crippen molar-refractivity contribution in [2.24, 2.45) is 22.7 Å². The maximum Gasteiger partial charge on any atom is 0.0220 e. The minimum absolute atomic E-state index is 0.141. The van der Waals surface area contributed by atoms with Gasteiger partial charge in [-0.15, -0.1) is 0 Å². The lowest BCUT2D eigenvalue weighted by atomic mass is 9.64. The summed E-state index contributed by atoms with van der Waals surface area (Å²) < 4.78 is 0. The molecule has 1 aliphatic carbocycles. The van der Waals surface area contributed by atoms with Gasteiger partial charge < -0.3 is 0 Å². The van der Waals surface area contributed by atoms with Crippen LogP contribution in [0.5, 0.6) is 0 Å². The first-order valence-corrected chi connectivity index (χ1v) is 11.6. The van der Waals surface area contributed by atoms with Gasteiger partial charge in [-0.3, -0.25) is 0 Å². The fourth-order valence-electron chi connectivity index (χ4n) is 6.36. The van der Waals surface area contributed by atoms with Crippen LogP contribution in [0, 0.1) is 22.7 Å². The van der Waals surface area contributed by atoms with Crippen molar-refractivity contribution >= 4 is 0 Å². The molecule has 2 atom stereocenters. The molecule has 0 N–H and O–H groups in total. The van der Waals surface area contributed by atoms with Crippen molar-refractivity contribution in [2.75, 3.05) is 0 Å². The molecule has 1 aliphatic rings. The first kappa shape index (κ1) is 22.1. The lowest BCUT2D eigenvalue weighted by Crippen LogP contribution is -2.32. The van der Waals surface area contributed by atoms with Crippen LogP contribution in [0.2, 0.25) is 0 Å². The van der Waals surface area contributed by atoms with Crippen LogP contribution in [0.25, 0.3) is 11.1 Å². The predicted molar refractivity (Wildman–Crippen MR) is 128 cm³/mol. The average molecular weight is 391 g/mol. The first-order valence-electron chi connectivity index (χ1n) is 11.6. The predicted octanol–water partition coefficient (Wildman–Crippen LogP) is 8.88. The Hall–Kier alpha value is -1.56. The van der Waals surface area contributed by atoms with E-state index in [0.29, 0.717) is 22.7 Å². The van der Waals surface area contributed by atoms with E-state index in [-0.39, 0.29) is 5.41 Å². The fourth-order valence-corrected chi connectivity index (χ4v) is 6.36. The molecule has 0 saturated heterocycles. The van der Waals surface area contributed by atoms with Crippen molar-refractivity contribution < 1.29 is 0 Å². The quantitative estimate of drug-likeness (QED) is 0.462. The van der Waals surface area contributed by atoms with Crippen molar-refractivity contribution in [3.63, 3.8) is 0 Å². The second kappa shape index (κ2) is 7.93. The topological polar surface area (TPSA) is 0 Å². The average Bonchev–Trinajstić information content (AvgIpc) is 2.82. The van der Waals surface area contributed by atoms with E-state index >= 15 is 0 Å². The lowest BCUT2D eigenvalue weighted by Gasteiger charge is -2.39. The van der Waals surface area contributed by atoms with Gasteiger partial charge in [-0.2, -0.15) is 0 Å². The number of fused-ring (bicyclic) bond motifs is 3. The molecule has 2 aromatic carbocycles. The van der Waals surface area contributed by atoms with Crippen LogP contribution < -0.4 is 0 Å². The maximum atomic E-state index is 2.48. The molecule has 2 unspecified atom stereocenters. The van der Waals surface area contributed by atoms with Gasteiger partial charge in [0, 0.05) is 5.41 Å². The molecule has 0 nitrogen and oxygen atoms in total. The van der Waals surface area contributed by atoms with Crippen LogP contribution in [-0.2, 0) is 5.41 Å². The molecule has 3 rings (SSSR count). The third kappa shape index (κ3) is 4.96. The monoisotopic (exact) mass is 390 g/mol. The van der Waals surface area contributed by atoms with E-state index in [0.717, 1.165) is 0 Å². The summed E-state index contributed by atoms with van der Waals surface area (Å²) in [5, 5.41) is 0. The molecule has 0 fully saturated rings. The summed E-state index contributed by atoms with van der Waals surface area (Å²) in [5.41, 5.74) is 6.96. The Balaban J connectivity index is 2.08. The zero-order valence-corrected chi connectivity index (χ0v) is 20.1.